The lowest BCUT2D eigenvalue weighted by atomic mass is 10.2. The van der Waals surface area contributed by atoms with Crippen molar-refractivity contribution in [3.05, 3.63) is 66.4 Å². The molecule has 0 aliphatic heterocycles. The molecule has 0 radical (unpaired) electrons. The van der Waals surface area contributed by atoms with Gasteiger partial charge in [0, 0.05) is 22.8 Å². The van der Waals surface area contributed by atoms with Gasteiger partial charge in [0.2, 0.25) is 10.0 Å². The molecule has 2 N–H and O–H groups in total. The van der Waals surface area contributed by atoms with Crippen LogP contribution in [0.2, 0.25) is 0 Å². The zero-order chi connectivity index (χ0) is 14.0. The van der Waals surface area contributed by atoms with E-state index in [9.17, 15) is 8.42 Å². The summed E-state index contributed by atoms with van der Waals surface area (Å²) in [5.74, 6) is -0.0288. The molecule has 4 nitrogen and oxygen atoms in total. The van der Waals surface area contributed by atoms with Crippen molar-refractivity contribution in [2.24, 2.45) is 0 Å². The van der Waals surface area contributed by atoms with Crippen LogP contribution in [0.3, 0.4) is 0 Å². The number of hydrogen-bond acceptors (Lipinski definition) is 2. The molecule has 0 aliphatic carbocycles. The molecule has 0 atom stereocenters. The molecule has 102 valence electrons. The minimum absolute atomic E-state index is 0.0288. The number of aromatic amines is 1. The molecule has 1 heterocycles. The second-order valence-corrected chi connectivity index (χ2v) is 6.35. The molecular weight excluding hydrogens is 272 g/mol. The first-order valence-electron chi connectivity index (χ1n) is 6.24. The number of sulfonamides is 1. The molecule has 3 rings (SSSR count). The molecule has 0 unspecified atom stereocenters. The second-order valence-electron chi connectivity index (χ2n) is 4.63. The summed E-state index contributed by atoms with van der Waals surface area (Å²) in [6.07, 6.45) is 1.83. The van der Waals surface area contributed by atoms with Crippen molar-refractivity contribution >= 4 is 26.6 Å². The highest BCUT2D eigenvalue weighted by atomic mass is 32.2. The van der Waals surface area contributed by atoms with Gasteiger partial charge < -0.3 is 4.98 Å². The first-order chi connectivity index (χ1) is 9.62. The van der Waals surface area contributed by atoms with Crippen molar-refractivity contribution < 1.29 is 8.42 Å². The molecular formula is C15H14N2O2S. The van der Waals surface area contributed by atoms with Crippen molar-refractivity contribution in [1.82, 2.24) is 4.98 Å². The summed E-state index contributed by atoms with van der Waals surface area (Å²) in [7, 11) is -3.40. The third-order valence-corrected chi connectivity index (χ3v) is 4.29. The predicted molar refractivity (Wildman–Crippen MR) is 81.0 cm³/mol. The van der Waals surface area contributed by atoms with Crippen molar-refractivity contribution in [2.45, 2.75) is 5.75 Å². The lowest BCUT2D eigenvalue weighted by Crippen LogP contribution is -2.14. The van der Waals surface area contributed by atoms with Crippen LogP contribution in [0.5, 0.6) is 0 Å². The van der Waals surface area contributed by atoms with Crippen LogP contribution in [-0.2, 0) is 15.8 Å². The van der Waals surface area contributed by atoms with Crippen molar-refractivity contribution in [2.75, 3.05) is 4.72 Å². The van der Waals surface area contributed by atoms with Gasteiger partial charge in [-0.05, 0) is 29.8 Å². The topological polar surface area (TPSA) is 62.0 Å². The van der Waals surface area contributed by atoms with Crippen LogP contribution >= 0.6 is 0 Å². The van der Waals surface area contributed by atoms with Gasteiger partial charge in [0.15, 0.2) is 0 Å². The maximum atomic E-state index is 12.1. The molecule has 0 aliphatic rings. The number of H-pyrrole nitrogens is 1. The molecule has 0 saturated heterocycles. The summed E-state index contributed by atoms with van der Waals surface area (Å²) >= 11 is 0. The fraction of sp³-hybridized carbons (Fsp3) is 0.0667. The van der Waals surface area contributed by atoms with Gasteiger partial charge in [0.05, 0.1) is 5.75 Å². The maximum absolute atomic E-state index is 12.1. The van der Waals surface area contributed by atoms with E-state index in [0.29, 0.717) is 5.69 Å². The molecule has 0 bridgehead atoms. The van der Waals surface area contributed by atoms with Gasteiger partial charge in [0.25, 0.3) is 0 Å². The molecule has 3 aromatic rings. The number of nitrogens with one attached hydrogen (secondary N) is 2. The summed E-state index contributed by atoms with van der Waals surface area (Å²) in [6, 6.07) is 16.5. The number of anilines is 1. The number of fused-ring (bicyclic) bond motifs is 1. The van der Waals surface area contributed by atoms with Crippen LogP contribution in [0.25, 0.3) is 10.9 Å². The minimum Gasteiger partial charge on any atom is -0.361 e. The van der Waals surface area contributed by atoms with E-state index in [1.54, 1.807) is 18.2 Å². The Labute approximate surface area is 117 Å². The molecule has 5 heteroatoms. The lowest BCUT2D eigenvalue weighted by molar-refractivity contribution is 0.600. The smallest absolute Gasteiger partial charge is 0.236 e. The first kappa shape index (κ1) is 12.7. The van der Waals surface area contributed by atoms with Gasteiger partial charge >= 0.3 is 0 Å². The van der Waals surface area contributed by atoms with Gasteiger partial charge in [-0.15, -0.1) is 0 Å². The third kappa shape index (κ3) is 2.83. The van der Waals surface area contributed by atoms with E-state index in [-0.39, 0.29) is 5.75 Å². The van der Waals surface area contributed by atoms with E-state index in [2.05, 4.69) is 9.71 Å². The van der Waals surface area contributed by atoms with E-state index < -0.39 is 10.0 Å². The Bertz CT molecular complexity index is 823. The monoisotopic (exact) mass is 286 g/mol. The quantitative estimate of drug-likeness (QED) is 0.774. The van der Waals surface area contributed by atoms with Crippen LogP contribution in [-0.4, -0.2) is 13.4 Å². The van der Waals surface area contributed by atoms with Gasteiger partial charge in [0.1, 0.15) is 0 Å². The van der Waals surface area contributed by atoms with E-state index in [1.807, 2.05) is 42.6 Å². The van der Waals surface area contributed by atoms with Crippen LogP contribution in [0.15, 0.2) is 60.8 Å². The SMILES string of the molecule is O=S(=O)(Cc1ccccc1)Nc1ccc2[nH]ccc2c1. The Hall–Kier alpha value is -2.27. The molecule has 1 aromatic heterocycles. The fourth-order valence-electron chi connectivity index (χ4n) is 2.13. The number of aromatic nitrogens is 1. The Morgan fingerprint density at radius 1 is 1.00 bits per heavy atom. The molecule has 20 heavy (non-hydrogen) atoms. The largest absolute Gasteiger partial charge is 0.361 e. The number of hydrogen-bond donors (Lipinski definition) is 2. The van der Waals surface area contributed by atoms with Gasteiger partial charge in [-0.3, -0.25) is 4.72 Å². The van der Waals surface area contributed by atoms with Crippen LogP contribution in [0.1, 0.15) is 5.56 Å². The highest BCUT2D eigenvalue weighted by Gasteiger charge is 2.11. The van der Waals surface area contributed by atoms with E-state index >= 15 is 0 Å². The molecule has 2 aromatic carbocycles. The Kier molecular flexibility index (Phi) is 3.20. The number of benzene rings is 2. The highest BCUT2D eigenvalue weighted by molar-refractivity contribution is 7.91. The Balaban J connectivity index is 1.82. The highest BCUT2D eigenvalue weighted by Crippen LogP contribution is 2.19. The van der Waals surface area contributed by atoms with E-state index in [1.165, 1.54) is 0 Å². The van der Waals surface area contributed by atoms with Crippen molar-refractivity contribution in [3.8, 4) is 0 Å². The summed E-state index contributed by atoms with van der Waals surface area (Å²) in [4.78, 5) is 3.07. The van der Waals surface area contributed by atoms with Crippen molar-refractivity contribution in [3.63, 3.8) is 0 Å². The summed E-state index contributed by atoms with van der Waals surface area (Å²) in [5, 5.41) is 0.977. The molecule has 0 spiro atoms. The fourth-order valence-corrected chi connectivity index (χ4v) is 3.32. The molecule has 0 saturated carbocycles. The zero-order valence-electron chi connectivity index (χ0n) is 10.7. The second kappa shape index (κ2) is 5.02. The van der Waals surface area contributed by atoms with Gasteiger partial charge in [-0.25, -0.2) is 8.42 Å². The molecule has 0 amide bonds. The van der Waals surface area contributed by atoms with Crippen LogP contribution < -0.4 is 4.72 Å². The normalized spacial score (nSPS) is 11.6. The van der Waals surface area contributed by atoms with Crippen molar-refractivity contribution in [1.29, 1.82) is 0 Å². The Morgan fingerprint density at radius 2 is 1.80 bits per heavy atom. The third-order valence-electron chi connectivity index (χ3n) is 3.03. The van der Waals surface area contributed by atoms with Crippen LogP contribution in [0.4, 0.5) is 5.69 Å². The maximum Gasteiger partial charge on any atom is 0.236 e. The minimum atomic E-state index is -3.40. The zero-order valence-corrected chi connectivity index (χ0v) is 11.5. The van der Waals surface area contributed by atoms with E-state index in [0.717, 1.165) is 16.5 Å². The van der Waals surface area contributed by atoms with Gasteiger partial charge in [-0.2, -0.15) is 0 Å². The summed E-state index contributed by atoms with van der Waals surface area (Å²) in [6.45, 7) is 0. The predicted octanol–water partition coefficient (Wildman–Crippen LogP) is 3.11. The summed E-state index contributed by atoms with van der Waals surface area (Å²) in [5.41, 5.74) is 2.33. The summed E-state index contributed by atoms with van der Waals surface area (Å²) < 4.78 is 26.9. The number of rotatable bonds is 4. The van der Waals surface area contributed by atoms with E-state index in [4.69, 9.17) is 0 Å². The van der Waals surface area contributed by atoms with Crippen LogP contribution in [0, 0.1) is 0 Å². The average molecular weight is 286 g/mol. The van der Waals surface area contributed by atoms with Gasteiger partial charge in [-0.1, -0.05) is 30.3 Å². The standard InChI is InChI=1S/C15H14N2O2S/c18-20(19,11-12-4-2-1-3-5-12)17-14-6-7-15-13(10-14)8-9-16-15/h1-10,16-17H,11H2. The lowest BCUT2D eigenvalue weighted by Gasteiger charge is -2.08. The average Bonchev–Trinajstić information content (AvgIpc) is 2.86. The molecule has 0 fully saturated rings. The Morgan fingerprint density at radius 3 is 2.60 bits per heavy atom. The first-order valence-corrected chi connectivity index (χ1v) is 7.89.